The van der Waals surface area contributed by atoms with E-state index in [0.29, 0.717) is 40.9 Å². The molecule has 10 nitrogen and oxygen atoms in total. The van der Waals surface area contributed by atoms with Gasteiger partial charge in [-0.2, -0.15) is 10.4 Å². The molecule has 170 valence electrons. The highest BCUT2D eigenvalue weighted by atomic mass is 16.5. The molecule has 0 radical (unpaired) electrons. The molecular formula is C24H22N8O2. The van der Waals surface area contributed by atoms with Crippen molar-refractivity contribution in [3.63, 3.8) is 0 Å². The summed E-state index contributed by atoms with van der Waals surface area (Å²) in [7, 11) is 0. The molecule has 0 aliphatic carbocycles. The van der Waals surface area contributed by atoms with Gasteiger partial charge in [0.05, 0.1) is 0 Å². The molecule has 4 heterocycles. The van der Waals surface area contributed by atoms with E-state index >= 15 is 0 Å². The van der Waals surface area contributed by atoms with Gasteiger partial charge in [-0.1, -0.05) is 0 Å². The Kier molecular flexibility index (Phi) is 5.66. The Balaban J connectivity index is 1.32. The highest BCUT2D eigenvalue weighted by Gasteiger charge is 2.24. The fourth-order valence-corrected chi connectivity index (χ4v) is 3.87. The number of anilines is 2. The second-order valence-electron chi connectivity index (χ2n) is 8.08. The molecule has 0 unspecified atom stereocenters. The summed E-state index contributed by atoms with van der Waals surface area (Å²) in [4.78, 5) is 22.8. The van der Waals surface area contributed by atoms with E-state index in [0.717, 1.165) is 23.9 Å². The molecule has 3 aromatic heterocycles. The van der Waals surface area contributed by atoms with Crippen molar-refractivity contribution in [1.29, 1.82) is 5.26 Å². The summed E-state index contributed by atoms with van der Waals surface area (Å²) in [5.41, 5.74) is 2.10. The molecule has 10 heteroatoms. The predicted molar refractivity (Wildman–Crippen MR) is 127 cm³/mol. The van der Waals surface area contributed by atoms with Crippen LogP contribution in [0.5, 0.6) is 11.5 Å². The fraction of sp³-hybridized carbons (Fsp3) is 0.208. The highest BCUT2D eigenvalue weighted by Crippen LogP contribution is 2.33. The lowest BCUT2D eigenvalue weighted by Crippen LogP contribution is -2.23. The molecule has 1 fully saturated rings. The van der Waals surface area contributed by atoms with E-state index in [1.165, 1.54) is 0 Å². The van der Waals surface area contributed by atoms with Gasteiger partial charge in [-0.15, -0.1) is 0 Å². The third-order valence-electron chi connectivity index (χ3n) is 5.60. The Morgan fingerprint density at radius 2 is 2.03 bits per heavy atom. The second-order valence-corrected chi connectivity index (χ2v) is 8.08. The molecule has 1 aliphatic heterocycles. The first-order valence-corrected chi connectivity index (χ1v) is 10.9. The Morgan fingerprint density at radius 1 is 1.21 bits per heavy atom. The first kappa shape index (κ1) is 21.2. The number of nitriles is 1. The maximum Gasteiger partial charge on any atom is 0.256 e. The minimum atomic E-state index is -0.250. The lowest BCUT2D eigenvalue weighted by atomic mass is 10.2. The smallest absolute Gasteiger partial charge is 0.256 e. The number of aromatic nitrogens is 4. The maximum absolute atomic E-state index is 12.5. The topological polar surface area (TPSA) is 132 Å². The maximum atomic E-state index is 12.5. The number of aryl methyl sites for hydroxylation is 1. The number of nitrogens with zero attached hydrogens (tertiary/aromatic N) is 5. The van der Waals surface area contributed by atoms with E-state index in [1.54, 1.807) is 47.6 Å². The van der Waals surface area contributed by atoms with Gasteiger partial charge in [0.1, 0.15) is 22.7 Å². The van der Waals surface area contributed by atoms with Crippen LogP contribution in [0.25, 0.3) is 11.0 Å². The first-order chi connectivity index (χ1) is 16.6. The van der Waals surface area contributed by atoms with Gasteiger partial charge < -0.3 is 20.3 Å². The molecule has 1 aliphatic rings. The van der Waals surface area contributed by atoms with Crippen molar-refractivity contribution >= 4 is 28.6 Å². The minimum Gasteiger partial charge on any atom is -0.456 e. The molecule has 1 aromatic carbocycles. The van der Waals surface area contributed by atoms with Gasteiger partial charge in [0.15, 0.2) is 17.7 Å². The highest BCUT2D eigenvalue weighted by molar-refractivity contribution is 6.03. The minimum absolute atomic E-state index is 0.111. The number of H-pyrrole nitrogens is 1. The van der Waals surface area contributed by atoms with E-state index in [1.807, 2.05) is 19.1 Å². The van der Waals surface area contributed by atoms with Crippen molar-refractivity contribution in [1.82, 2.24) is 25.1 Å². The van der Waals surface area contributed by atoms with Gasteiger partial charge in [0.2, 0.25) is 0 Å². The summed E-state index contributed by atoms with van der Waals surface area (Å²) >= 11 is 0. The molecule has 34 heavy (non-hydrogen) atoms. The number of rotatable bonds is 6. The van der Waals surface area contributed by atoms with Crippen molar-refractivity contribution < 1.29 is 9.53 Å². The Labute approximate surface area is 195 Å². The van der Waals surface area contributed by atoms with Crippen LogP contribution in [0.15, 0.2) is 54.9 Å². The van der Waals surface area contributed by atoms with E-state index in [4.69, 9.17) is 10.00 Å². The monoisotopic (exact) mass is 454 g/mol. The zero-order valence-corrected chi connectivity index (χ0v) is 18.4. The summed E-state index contributed by atoms with van der Waals surface area (Å²) in [6, 6.07) is 12.4. The van der Waals surface area contributed by atoms with E-state index < -0.39 is 0 Å². The average molecular weight is 454 g/mol. The van der Waals surface area contributed by atoms with Gasteiger partial charge in [0.25, 0.3) is 5.91 Å². The number of amides is 1. The van der Waals surface area contributed by atoms with Gasteiger partial charge in [-0.05, 0) is 55.3 Å². The third-order valence-corrected chi connectivity index (χ3v) is 5.60. The first-order valence-electron chi connectivity index (χ1n) is 10.9. The third kappa shape index (κ3) is 4.45. The zero-order chi connectivity index (χ0) is 23.5. The number of pyridine rings is 2. The summed E-state index contributed by atoms with van der Waals surface area (Å²) in [5.74, 6) is 2.04. The van der Waals surface area contributed by atoms with Crippen LogP contribution in [0.1, 0.15) is 22.3 Å². The number of ether oxygens (including phenoxy) is 1. The van der Waals surface area contributed by atoms with Crippen molar-refractivity contribution in [3.8, 4) is 17.7 Å². The summed E-state index contributed by atoms with van der Waals surface area (Å²) in [6.07, 6.45) is 6.32. The number of carbonyl (C=O) groups is 1. The van der Waals surface area contributed by atoms with Crippen LogP contribution >= 0.6 is 0 Å². The second kappa shape index (κ2) is 9.07. The number of aromatic amines is 1. The molecule has 0 saturated carbocycles. The molecule has 4 aromatic rings. The molecular weight excluding hydrogens is 432 g/mol. The normalized spacial score (nSPS) is 15.2. The number of fused-ring (bicyclic) bond motifs is 1. The molecule has 0 bridgehead atoms. The van der Waals surface area contributed by atoms with Crippen LogP contribution < -0.4 is 15.4 Å². The average Bonchev–Trinajstić information content (AvgIpc) is 3.47. The van der Waals surface area contributed by atoms with Crippen molar-refractivity contribution in [2.75, 3.05) is 23.7 Å². The van der Waals surface area contributed by atoms with Gasteiger partial charge in [-0.25, -0.2) is 9.97 Å². The van der Waals surface area contributed by atoms with Gasteiger partial charge >= 0.3 is 0 Å². The fourth-order valence-electron chi connectivity index (χ4n) is 3.87. The number of nitrogens with one attached hydrogen (secondary N) is 3. The van der Waals surface area contributed by atoms with Gasteiger partial charge in [0, 0.05) is 43.2 Å². The number of hydrogen-bond donors (Lipinski definition) is 3. The number of hydrogen-bond acceptors (Lipinski definition) is 8. The van der Waals surface area contributed by atoms with Gasteiger partial charge in [-0.3, -0.25) is 9.89 Å². The number of benzene rings is 1. The molecule has 1 saturated heterocycles. The van der Waals surface area contributed by atoms with E-state index in [-0.39, 0.29) is 11.9 Å². The Bertz CT molecular complexity index is 1380. The van der Waals surface area contributed by atoms with E-state index in [9.17, 15) is 4.79 Å². The van der Waals surface area contributed by atoms with Crippen LogP contribution in [0, 0.1) is 18.4 Å². The van der Waals surface area contributed by atoms with Crippen molar-refractivity contribution in [3.05, 3.63) is 66.0 Å². The zero-order valence-electron chi connectivity index (χ0n) is 18.4. The molecule has 0 spiro atoms. The van der Waals surface area contributed by atoms with Crippen molar-refractivity contribution in [2.45, 2.75) is 19.4 Å². The summed E-state index contributed by atoms with van der Waals surface area (Å²) in [6.45, 7) is 3.29. The molecule has 5 rings (SSSR count). The standard InChI is InChI=1S/C24H22N8O2/c1-15-6-9-26-20(12-15)29-24(33)16-2-4-18(5-3-16)34-19-7-10-27-22-21(19)23(31-30-22)28-17-8-11-32(13-17)14-25/h2-7,9-10,12,17H,8,11,13H2,1H3,(H,26,29,33)(H2,27,28,30,31)/t17-/m1/s1. The van der Waals surface area contributed by atoms with Crippen LogP contribution in [0.3, 0.4) is 0 Å². The Hall–Kier alpha value is -4.65. The predicted octanol–water partition coefficient (Wildman–Crippen LogP) is 3.67. The Morgan fingerprint density at radius 3 is 2.79 bits per heavy atom. The van der Waals surface area contributed by atoms with E-state index in [2.05, 4.69) is 37.0 Å². The summed E-state index contributed by atoms with van der Waals surface area (Å²) in [5, 5.41) is 23.3. The largest absolute Gasteiger partial charge is 0.456 e. The van der Waals surface area contributed by atoms with Crippen LogP contribution in [0.4, 0.5) is 11.6 Å². The quantitative estimate of drug-likeness (QED) is 0.376. The lowest BCUT2D eigenvalue weighted by Gasteiger charge is -2.13. The van der Waals surface area contributed by atoms with Crippen molar-refractivity contribution in [2.24, 2.45) is 0 Å². The number of carbonyl (C=O) groups excluding carboxylic acids is 1. The number of likely N-dealkylation sites (tertiary alicyclic amines) is 1. The SMILES string of the molecule is Cc1ccnc(NC(=O)c2ccc(Oc3ccnc4[nH]nc(N[C@@H]5CCN(C#N)C5)c34)cc2)c1. The molecule has 1 amide bonds. The molecule has 3 N–H and O–H groups in total. The van der Waals surface area contributed by atoms with Crippen LogP contribution in [-0.2, 0) is 0 Å². The lowest BCUT2D eigenvalue weighted by molar-refractivity contribution is 0.102. The van der Waals surface area contributed by atoms with Crippen LogP contribution in [0.2, 0.25) is 0 Å². The summed E-state index contributed by atoms with van der Waals surface area (Å²) < 4.78 is 6.12. The molecule has 1 atom stereocenters. The van der Waals surface area contributed by atoms with Crippen LogP contribution in [-0.4, -0.2) is 50.1 Å².